The van der Waals surface area contributed by atoms with Crippen molar-refractivity contribution < 1.29 is 37.0 Å². The highest BCUT2D eigenvalue weighted by molar-refractivity contribution is 6.31. The van der Waals surface area contributed by atoms with Crippen LogP contribution in [-0.2, 0) is 22.5 Å². The van der Waals surface area contributed by atoms with Crippen LogP contribution in [0.4, 0.5) is 17.6 Å². The third-order valence-electron chi connectivity index (χ3n) is 4.92. The number of aliphatic carboxylic acids is 1. The Balaban J connectivity index is 0.000000429. The van der Waals surface area contributed by atoms with Gasteiger partial charge in [-0.05, 0) is 35.7 Å². The van der Waals surface area contributed by atoms with Crippen LogP contribution in [0.3, 0.4) is 0 Å². The molecule has 1 unspecified atom stereocenters. The number of hydrogen-bond acceptors (Lipinski definition) is 4. The maximum absolute atomic E-state index is 13.9. The van der Waals surface area contributed by atoms with Crippen molar-refractivity contribution in [2.45, 2.75) is 25.2 Å². The van der Waals surface area contributed by atoms with E-state index in [9.17, 15) is 22.4 Å². The number of rotatable bonds is 5. The van der Waals surface area contributed by atoms with Crippen molar-refractivity contribution in [3.63, 3.8) is 0 Å². The van der Waals surface area contributed by atoms with E-state index < -0.39 is 23.9 Å². The van der Waals surface area contributed by atoms with Gasteiger partial charge >= 0.3 is 12.1 Å². The van der Waals surface area contributed by atoms with Crippen LogP contribution >= 0.6 is 11.6 Å². The van der Waals surface area contributed by atoms with Crippen LogP contribution in [0.15, 0.2) is 54.7 Å². The van der Waals surface area contributed by atoms with E-state index in [2.05, 4.69) is 22.5 Å². The SMILES string of the molecule is O=C(NCC1OCCc2cn(Cc3ccccc3)nc21)c1cc(Cl)ccc1F.O=C(O)C(F)(F)F. The Morgan fingerprint density at radius 1 is 1.20 bits per heavy atom. The van der Waals surface area contributed by atoms with Gasteiger partial charge in [-0.25, -0.2) is 9.18 Å². The minimum Gasteiger partial charge on any atom is -0.475 e. The highest BCUT2D eigenvalue weighted by atomic mass is 35.5. The molecule has 1 aliphatic heterocycles. The zero-order valence-electron chi connectivity index (χ0n) is 18.1. The summed E-state index contributed by atoms with van der Waals surface area (Å²) >= 11 is 5.86. The monoisotopic (exact) mass is 513 g/mol. The smallest absolute Gasteiger partial charge is 0.475 e. The van der Waals surface area contributed by atoms with Gasteiger partial charge in [0, 0.05) is 17.8 Å². The first-order valence-corrected chi connectivity index (χ1v) is 10.7. The zero-order chi connectivity index (χ0) is 25.6. The lowest BCUT2D eigenvalue weighted by atomic mass is 10.1. The summed E-state index contributed by atoms with van der Waals surface area (Å²) in [5.74, 6) is -3.90. The summed E-state index contributed by atoms with van der Waals surface area (Å²) in [5, 5.41) is 14.8. The first kappa shape index (κ1) is 26.2. The molecule has 35 heavy (non-hydrogen) atoms. The van der Waals surface area contributed by atoms with Gasteiger partial charge in [-0.15, -0.1) is 0 Å². The predicted octanol–water partition coefficient (Wildman–Crippen LogP) is 4.40. The number of aromatic nitrogens is 2. The largest absolute Gasteiger partial charge is 0.490 e. The number of fused-ring (bicyclic) bond motifs is 1. The Labute approximate surface area is 202 Å². The van der Waals surface area contributed by atoms with Gasteiger partial charge in [0.25, 0.3) is 5.91 Å². The Morgan fingerprint density at radius 2 is 1.89 bits per heavy atom. The van der Waals surface area contributed by atoms with Crippen molar-refractivity contribution in [3.05, 3.63) is 88.0 Å². The molecule has 0 radical (unpaired) electrons. The standard InChI is InChI=1S/C21H19ClFN3O2.C2HF3O2/c22-16-6-7-18(23)17(10-16)21(27)24-11-19-20-15(8-9-28-19)13-26(25-20)12-14-4-2-1-3-5-14;3-2(4,5)1(6)7/h1-7,10,13,19H,8-9,11-12H2,(H,24,27);(H,6,7). The van der Waals surface area contributed by atoms with Gasteiger partial charge in [0.1, 0.15) is 11.9 Å². The van der Waals surface area contributed by atoms with Gasteiger partial charge in [0.15, 0.2) is 0 Å². The van der Waals surface area contributed by atoms with E-state index in [1.165, 1.54) is 18.2 Å². The molecule has 0 spiro atoms. The van der Waals surface area contributed by atoms with Crippen LogP contribution in [0.2, 0.25) is 5.02 Å². The van der Waals surface area contributed by atoms with Crippen molar-refractivity contribution in [2.24, 2.45) is 0 Å². The fourth-order valence-electron chi connectivity index (χ4n) is 3.29. The normalized spacial score (nSPS) is 14.9. The average molecular weight is 514 g/mol. The third-order valence-corrected chi connectivity index (χ3v) is 5.15. The number of nitrogens with one attached hydrogen (secondary N) is 1. The fourth-order valence-corrected chi connectivity index (χ4v) is 3.46. The number of carbonyl (C=O) groups is 2. The van der Waals surface area contributed by atoms with Crippen LogP contribution in [0.1, 0.15) is 33.3 Å². The van der Waals surface area contributed by atoms with E-state index in [1.54, 1.807) is 0 Å². The first-order chi connectivity index (χ1) is 16.5. The third kappa shape index (κ3) is 7.27. The van der Waals surface area contributed by atoms with Gasteiger partial charge in [-0.1, -0.05) is 41.9 Å². The number of alkyl halides is 3. The lowest BCUT2D eigenvalue weighted by molar-refractivity contribution is -0.192. The van der Waals surface area contributed by atoms with Crippen molar-refractivity contribution in [3.8, 4) is 0 Å². The second-order valence-electron chi connectivity index (χ2n) is 7.47. The summed E-state index contributed by atoms with van der Waals surface area (Å²) < 4.78 is 53.3. The molecule has 0 fully saturated rings. The summed E-state index contributed by atoms with van der Waals surface area (Å²) in [7, 11) is 0. The molecular formula is C23H20ClF4N3O4. The van der Waals surface area contributed by atoms with Crippen molar-refractivity contribution >= 4 is 23.5 Å². The molecule has 2 aromatic carbocycles. The van der Waals surface area contributed by atoms with E-state index in [4.69, 9.17) is 26.2 Å². The molecule has 186 valence electrons. The molecule has 0 saturated heterocycles. The predicted molar refractivity (Wildman–Crippen MR) is 118 cm³/mol. The molecule has 0 saturated carbocycles. The molecule has 2 heterocycles. The molecule has 7 nitrogen and oxygen atoms in total. The average Bonchev–Trinajstić information content (AvgIpc) is 3.22. The maximum atomic E-state index is 13.9. The number of carbonyl (C=O) groups excluding carboxylic acids is 1. The van der Waals surface area contributed by atoms with Gasteiger partial charge in [-0.2, -0.15) is 18.3 Å². The minimum atomic E-state index is -5.08. The van der Waals surface area contributed by atoms with E-state index in [0.717, 1.165) is 23.2 Å². The summed E-state index contributed by atoms with van der Waals surface area (Å²) in [4.78, 5) is 21.2. The Kier molecular flexibility index (Phi) is 8.47. The second kappa shape index (κ2) is 11.3. The summed E-state index contributed by atoms with van der Waals surface area (Å²) in [5.41, 5.74) is 2.99. The van der Waals surface area contributed by atoms with Crippen LogP contribution in [0.5, 0.6) is 0 Å². The zero-order valence-corrected chi connectivity index (χ0v) is 18.8. The molecule has 1 aliphatic rings. The number of halogens is 5. The minimum absolute atomic E-state index is 0.0851. The van der Waals surface area contributed by atoms with E-state index >= 15 is 0 Å². The number of carboxylic acid groups (broad SMARTS) is 1. The molecule has 1 atom stereocenters. The van der Waals surface area contributed by atoms with Crippen molar-refractivity contribution in [1.82, 2.24) is 15.1 Å². The van der Waals surface area contributed by atoms with Crippen molar-refractivity contribution in [1.29, 1.82) is 0 Å². The number of ether oxygens (including phenoxy) is 1. The molecule has 2 N–H and O–H groups in total. The first-order valence-electron chi connectivity index (χ1n) is 10.3. The molecule has 0 bridgehead atoms. The van der Waals surface area contributed by atoms with Crippen LogP contribution in [0, 0.1) is 5.82 Å². The molecular weight excluding hydrogens is 494 g/mol. The topological polar surface area (TPSA) is 93.5 Å². The van der Waals surface area contributed by atoms with Crippen LogP contribution in [0.25, 0.3) is 0 Å². The van der Waals surface area contributed by atoms with E-state index in [0.29, 0.717) is 18.2 Å². The van der Waals surface area contributed by atoms with Gasteiger partial charge in [0.05, 0.1) is 24.4 Å². The van der Waals surface area contributed by atoms with Gasteiger partial charge in [-0.3, -0.25) is 9.48 Å². The molecule has 12 heteroatoms. The van der Waals surface area contributed by atoms with Gasteiger partial charge < -0.3 is 15.2 Å². The molecule has 1 aromatic heterocycles. The summed E-state index contributed by atoms with van der Waals surface area (Å²) in [6, 6.07) is 14.0. The number of hydrogen-bond donors (Lipinski definition) is 2. The number of carboxylic acids is 1. The summed E-state index contributed by atoms with van der Waals surface area (Å²) in [6.45, 7) is 1.43. The Bertz CT molecular complexity index is 1190. The fraction of sp³-hybridized carbons (Fsp3) is 0.261. The van der Waals surface area contributed by atoms with Crippen molar-refractivity contribution in [2.75, 3.05) is 13.2 Å². The molecule has 4 rings (SSSR count). The van der Waals surface area contributed by atoms with E-state index in [-0.39, 0.29) is 18.2 Å². The lowest BCUT2D eigenvalue weighted by Gasteiger charge is -2.22. The van der Waals surface area contributed by atoms with Gasteiger partial charge in [0.2, 0.25) is 0 Å². The number of amides is 1. The number of benzene rings is 2. The van der Waals surface area contributed by atoms with Crippen LogP contribution in [-0.4, -0.2) is 46.1 Å². The van der Waals surface area contributed by atoms with E-state index in [1.807, 2.05) is 29.1 Å². The molecule has 0 aliphatic carbocycles. The lowest BCUT2D eigenvalue weighted by Crippen LogP contribution is -2.32. The van der Waals surface area contributed by atoms with Crippen LogP contribution < -0.4 is 5.32 Å². The molecule has 3 aromatic rings. The maximum Gasteiger partial charge on any atom is 0.490 e. The highest BCUT2D eigenvalue weighted by Crippen LogP contribution is 2.26. The Morgan fingerprint density at radius 3 is 2.54 bits per heavy atom. The molecule has 1 amide bonds. The number of nitrogens with zero attached hydrogens (tertiary/aromatic N) is 2. The second-order valence-corrected chi connectivity index (χ2v) is 7.91. The quantitative estimate of drug-likeness (QED) is 0.493. The highest BCUT2D eigenvalue weighted by Gasteiger charge is 2.38. The summed E-state index contributed by atoms with van der Waals surface area (Å²) in [6.07, 6.45) is -2.65. The Hall–Kier alpha value is -3.44.